The third kappa shape index (κ3) is 2.93. The predicted molar refractivity (Wildman–Crippen MR) is 92.2 cm³/mol. The van der Waals surface area contributed by atoms with Crippen LogP contribution in [-0.2, 0) is 9.59 Å². The first-order valence-corrected chi connectivity index (χ1v) is 8.85. The Balaban J connectivity index is 1.39. The molecule has 1 aromatic rings. The molecule has 0 saturated carbocycles. The second-order valence-corrected chi connectivity index (χ2v) is 7.17. The molecule has 3 aliphatic heterocycles. The molecular weight excluding hydrogens is 344 g/mol. The number of anilines is 1. The van der Waals surface area contributed by atoms with Gasteiger partial charge in [-0.3, -0.25) is 9.59 Å². The number of hydrogen-bond acceptors (Lipinski definition) is 3. The summed E-state index contributed by atoms with van der Waals surface area (Å²) >= 11 is 5.82. The van der Waals surface area contributed by atoms with E-state index in [1.807, 2.05) is 0 Å². The van der Waals surface area contributed by atoms with Gasteiger partial charge in [-0.15, -0.1) is 0 Å². The second-order valence-electron chi connectivity index (χ2n) is 6.73. The van der Waals surface area contributed by atoms with E-state index in [1.54, 1.807) is 34.1 Å². The fraction of sp³-hybridized carbons (Fsp3) is 0.471. The van der Waals surface area contributed by atoms with E-state index in [9.17, 15) is 14.4 Å². The molecule has 4 amide bonds. The van der Waals surface area contributed by atoms with Crippen molar-refractivity contribution in [1.82, 2.24) is 15.1 Å². The standard InChI is InChI=1S/C17H19ClN4O3/c18-10-3-5-11(6-4-10)19-17(25)20-12-8-14-16(24)21-7-1-2-13(21)15(23)22(14)9-12/h3-6,12-14H,1-2,7-9H2,(H2,19,20,25)/t12-,13+,14-/m0/s1. The Kier molecular flexibility index (Phi) is 4.03. The van der Waals surface area contributed by atoms with E-state index < -0.39 is 6.04 Å². The molecule has 4 rings (SSSR count). The second kappa shape index (κ2) is 6.22. The van der Waals surface area contributed by atoms with Crippen LogP contribution in [0.1, 0.15) is 19.3 Å². The van der Waals surface area contributed by atoms with Gasteiger partial charge in [0.05, 0.1) is 6.04 Å². The molecule has 8 heteroatoms. The Morgan fingerprint density at radius 3 is 2.56 bits per heavy atom. The number of nitrogens with one attached hydrogen (secondary N) is 2. The summed E-state index contributed by atoms with van der Waals surface area (Å²) in [7, 11) is 0. The summed E-state index contributed by atoms with van der Waals surface area (Å²) in [4.78, 5) is 40.7. The van der Waals surface area contributed by atoms with E-state index >= 15 is 0 Å². The van der Waals surface area contributed by atoms with Crippen LogP contribution in [0.15, 0.2) is 24.3 Å². The number of halogens is 1. The molecule has 2 N–H and O–H groups in total. The van der Waals surface area contributed by atoms with E-state index in [0.717, 1.165) is 12.8 Å². The van der Waals surface area contributed by atoms with Gasteiger partial charge < -0.3 is 20.4 Å². The van der Waals surface area contributed by atoms with Crippen LogP contribution in [-0.4, -0.2) is 58.9 Å². The maximum Gasteiger partial charge on any atom is 0.319 e. The Bertz CT molecular complexity index is 693. The first kappa shape index (κ1) is 16.2. The molecule has 7 nitrogen and oxygen atoms in total. The van der Waals surface area contributed by atoms with Gasteiger partial charge in [-0.1, -0.05) is 11.6 Å². The van der Waals surface area contributed by atoms with Gasteiger partial charge >= 0.3 is 6.03 Å². The van der Waals surface area contributed by atoms with Gasteiger partial charge in [0, 0.05) is 23.8 Å². The highest BCUT2D eigenvalue weighted by molar-refractivity contribution is 6.30. The number of rotatable bonds is 2. The lowest BCUT2D eigenvalue weighted by molar-refractivity contribution is -0.156. The number of piperazine rings is 1. The van der Waals surface area contributed by atoms with Crippen LogP contribution in [0.3, 0.4) is 0 Å². The third-order valence-electron chi connectivity index (χ3n) is 5.13. The molecule has 0 radical (unpaired) electrons. The molecule has 0 unspecified atom stereocenters. The van der Waals surface area contributed by atoms with Crippen LogP contribution in [0.5, 0.6) is 0 Å². The minimum atomic E-state index is -0.442. The molecule has 132 valence electrons. The normalized spacial score (nSPS) is 28.0. The Morgan fingerprint density at radius 2 is 1.80 bits per heavy atom. The zero-order chi connectivity index (χ0) is 17.6. The minimum absolute atomic E-state index is 0.0181. The Morgan fingerprint density at radius 1 is 1.08 bits per heavy atom. The zero-order valence-corrected chi connectivity index (χ0v) is 14.3. The van der Waals surface area contributed by atoms with Crippen molar-refractivity contribution in [3.63, 3.8) is 0 Å². The predicted octanol–water partition coefficient (Wildman–Crippen LogP) is 1.44. The van der Waals surface area contributed by atoms with Crippen LogP contribution in [0.2, 0.25) is 5.02 Å². The van der Waals surface area contributed by atoms with E-state index in [2.05, 4.69) is 10.6 Å². The van der Waals surface area contributed by atoms with Crippen molar-refractivity contribution in [1.29, 1.82) is 0 Å². The van der Waals surface area contributed by atoms with E-state index in [1.165, 1.54) is 0 Å². The highest BCUT2D eigenvalue weighted by Gasteiger charge is 2.51. The zero-order valence-electron chi connectivity index (χ0n) is 13.6. The topological polar surface area (TPSA) is 81.8 Å². The van der Waals surface area contributed by atoms with Crippen molar-refractivity contribution in [2.45, 2.75) is 37.4 Å². The van der Waals surface area contributed by atoms with E-state index in [-0.39, 0.29) is 29.9 Å². The summed E-state index contributed by atoms with van der Waals surface area (Å²) in [6.07, 6.45) is 2.08. The maximum atomic E-state index is 12.6. The molecule has 3 heterocycles. The fourth-order valence-corrected chi connectivity index (χ4v) is 4.10. The van der Waals surface area contributed by atoms with Crippen LogP contribution in [0.25, 0.3) is 0 Å². The van der Waals surface area contributed by atoms with Crippen LogP contribution < -0.4 is 10.6 Å². The SMILES string of the molecule is O=C(Nc1ccc(Cl)cc1)N[C@H]1C[C@H]2C(=O)N3CCC[C@@H]3C(=O)N2C1. The van der Waals surface area contributed by atoms with Crippen molar-refractivity contribution < 1.29 is 14.4 Å². The van der Waals surface area contributed by atoms with Crippen LogP contribution in [0, 0.1) is 0 Å². The van der Waals surface area contributed by atoms with Crippen molar-refractivity contribution in [3.05, 3.63) is 29.3 Å². The summed E-state index contributed by atoms with van der Waals surface area (Å²) < 4.78 is 0. The smallest absolute Gasteiger partial charge is 0.319 e. The van der Waals surface area contributed by atoms with E-state index in [4.69, 9.17) is 11.6 Å². The molecule has 0 aliphatic carbocycles. The molecule has 0 spiro atoms. The number of hydrogen-bond donors (Lipinski definition) is 2. The van der Waals surface area contributed by atoms with Crippen LogP contribution in [0.4, 0.5) is 10.5 Å². The molecule has 25 heavy (non-hydrogen) atoms. The first-order valence-electron chi connectivity index (χ1n) is 8.47. The molecule has 3 atom stereocenters. The number of carbonyl (C=O) groups excluding carboxylic acids is 3. The lowest BCUT2D eigenvalue weighted by Gasteiger charge is -2.38. The summed E-state index contributed by atoms with van der Waals surface area (Å²) in [5.74, 6) is 0.0361. The lowest BCUT2D eigenvalue weighted by atomic mass is 10.1. The van der Waals surface area contributed by atoms with Crippen molar-refractivity contribution >= 4 is 35.1 Å². The monoisotopic (exact) mass is 362 g/mol. The van der Waals surface area contributed by atoms with Gasteiger partial charge in [-0.2, -0.15) is 0 Å². The molecule has 3 aliphatic rings. The lowest BCUT2D eigenvalue weighted by Crippen LogP contribution is -2.60. The van der Waals surface area contributed by atoms with Crippen molar-refractivity contribution in [3.8, 4) is 0 Å². The summed E-state index contributed by atoms with van der Waals surface area (Å²) in [5.41, 5.74) is 0.630. The molecule has 3 fully saturated rings. The van der Waals surface area contributed by atoms with Crippen molar-refractivity contribution in [2.75, 3.05) is 18.4 Å². The van der Waals surface area contributed by atoms with Gasteiger partial charge in [0.25, 0.3) is 0 Å². The number of nitrogens with zero attached hydrogens (tertiary/aromatic N) is 2. The maximum absolute atomic E-state index is 12.6. The summed E-state index contributed by atoms with van der Waals surface area (Å²) in [6, 6.07) is 5.48. The van der Waals surface area contributed by atoms with Gasteiger partial charge in [0.2, 0.25) is 11.8 Å². The van der Waals surface area contributed by atoms with Crippen LogP contribution >= 0.6 is 11.6 Å². The van der Waals surface area contributed by atoms with E-state index in [0.29, 0.717) is 30.2 Å². The Hall–Kier alpha value is -2.28. The average molecular weight is 363 g/mol. The quantitative estimate of drug-likeness (QED) is 0.835. The van der Waals surface area contributed by atoms with Crippen molar-refractivity contribution in [2.24, 2.45) is 0 Å². The van der Waals surface area contributed by atoms with Gasteiger partial charge in [-0.25, -0.2) is 4.79 Å². The highest BCUT2D eigenvalue weighted by Crippen LogP contribution is 2.32. The molecule has 3 saturated heterocycles. The largest absolute Gasteiger partial charge is 0.333 e. The third-order valence-corrected chi connectivity index (χ3v) is 5.38. The minimum Gasteiger partial charge on any atom is -0.333 e. The van der Waals surface area contributed by atoms with Gasteiger partial charge in [0.1, 0.15) is 12.1 Å². The molecule has 0 bridgehead atoms. The molecular formula is C17H19ClN4O3. The fourth-order valence-electron chi connectivity index (χ4n) is 3.97. The number of carbonyl (C=O) groups is 3. The number of amides is 4. The Labute approximate surface area is 150 Å². The number of fused-ring (bicyclic) bond motifs is 2. The summed E-state index contributed by atoms with van der Waals surface area (Å²) in [5, 5.41) is 6.18. The highest BCUT2D eigenvalue weighted by atomic mass is 35.5. The summed E-state index contributed by atoms with van der Waals surface area (Å²) in [6.45, 7) is 1.04. The number of urea groups is 1. The average Bonchev–Trinajstić information content (AvgIpc) is 3.22. The molecule has 0 aromatic heterocycles. The van der Waals surface area contributed by atoms with Gasteiger partial charge in [0.15, 0.2) is 0 Å². The first-order chi connectivity index (χ1) is 12.0. The van der Waals surface area contributed by atoms with Gasteiger partial charge in [-0.05, 0) is 43.5 Å². The number of benzene rings is 1. The molecule has 1 aromatic carbocycles.